The molecule has 0 aliphatic heterocycles. The first-order valence-electron chi connectivity index (χ1n) is 0.698. The molecule has 8 heteroatoms. The monoisotopic (exact) mass is 195 g/mol. The standard InChI is InChI=1S/Cu.2H3N.H2O4S/c;;;1-5(2,3)4/h;2*1H3;(H2,1,2,3,4). The van der Waals surface area contributed by atoms with Crippen molar-refractivity contribution in [3.63, 3.8) is 0 Å². The summed E-state index contributed by atoms with van der Waals surface area (Å²) in [5.41, 5.74) is 0. The molecule has 1 radical (unpaired) electrons. The number of hydrogen-bond donors (Lipinski definition) is 4. The minimum Gasteiger partial charge on any atom is -0.344 e. The molecule has 59 valence electrons. The van der Waals surface area contributed by atoms with Gasteiger partial charge in [-0.1, -0.05) is 0 Å². The van der Waals surface area contributed by atoms with Crippen molar-refractivity contribution < 1.29 is 34.6 Å². The van der Waals surface area contributed by atoms with Crippen LogP contribution >= 0.6 is 0 Å². The zero-order chi connectivity index (χ0) is 4.50. The van der Waals surface area contributed by atoms with Gasteiger partial charge in [0.1, 0.15) is 0 Å². The zero-order valence-electron chi connectivity index (χ0n) is 3.83. The summed E-state index contributed by atoms with van der Waals surface area (Å²) in [5.74, 6) is 0. The van der Waals surface area contributed by atoms with Crippen LogP contribution in [-0.2, 0) is 27.5 Å². The van der Waals surface area contributed by atoms with E-state index in [4.69, 9.17) is 17.5 Å². The second-order valence-electron chi connectivity index (χ2n) is 0.448. The normalized spacial score (nSPS) is 7.25. The van der Waals surface area contributed by atoms with Crippen molar-refractivity contribution in [1.29, 1.82) is 0 Å². The Morgan fingerprint density at radius 3 is 1.00 bits per heavy atom. The second-order valence-corrected chi connectivity index (χ2v) is 1.34. The van der Waals surface area contributed by atoms with Gasteiger partial charge in [-0.25, -0.2) is 0 Å². The van der Waals surface area contributed by atoms with Gasteiger partial charge in [0, 0.05) is 17.1 Å². The molecule has 0 aromatic rings. The summed E-state index contributed by atoms with van der Waals surface area (Å²) in [4.78, 5) is 0. The molecule has 8 N–H and O–H groups in total. The van der Waals surface area contributed by atoms with Crippen molar-refractivity contribution in [2.45, 2.75) is 0 Å². The smallest absolute Gasteiger partial charge is 0.344 e. The molecule has 0 unspecified atom stereocenters. The molecule has 0 saturated carbocycles. The van der Waals surface area contributed by atoms with Gasteiger partial charge in [0.2, 0.25) is 0 Å². The maximum absolute atomic E-state index is 8.74. The van der Waals surface area contributed by atoms with Crippen molar-refractivity contribution >= 4 is 10.4 Å². The maximum atomic E-state index is 8.74. The van der Waals surface area contributed by atoms with Crippen LogP contribution in [0.15, 0.2) is 0 Å². The Bertz CT molecular complexity index is 97.2. The Morgan fingerprint density at radius 1 is 1.00 bits per heavy atom. The topological polar surface area (TPSA) is 145 Å². The summed E-state index contributed by atoms with van der Waals surface area (Å²) in [7, 11) is -4.67. The van der Waals surface area contributed by atoms with Gasteiger partial charge in [-0.05, 0) is 0 Å². The van der Waals surface area contributed by atoms with Crippen molar-refractivity contribution in [3.05, 3.63) is 0 Å². The molecule has 0 aromatic heterocycles. The molecule has 0 spiro atoms. The fourth-order valence-electron chi connectivity index (χ4n) is 0. The van der Waals surface area contributed by atoms with Crippen molar-refractivity contribution in [2.24, 2.45) is 0 Å². The first kappa shape index (κ1) is 23.9. The van der Waals surface area contributed by atoms with Crippen LogP contribution in [0.25, 0.3) is 0 Å². The van der Waals surface area contributed by atoms with Gasteiger partial charge in [-0.3, -0.25) is 9.11 Å². The maximum Gasteiger partial charge on any atom is 0.394 e. The summed E-state index contributed by atoms with van der Waals surface area (Å²) in [6.07, 6.45) is 0. The average molecular weight is 196 g/mol. The van der Waals surface area contributed by atoms with E-state index in [0.717, 1.165) is 0 Å². The third kappa shape index (κ3) is 1860. The number of rotatable bonds is 0. The van der Waals surface area contributed by atoms with Crippen LogP contribution in [-0.4, -0.2) is 17.5 Å². The van der Waals surface area contributed by atoms with E-state index in [9.17, 15) is 0 Å². The quantitative estimate of drug-likeness (QED) is 0.308. The van der Waals surface area contributed by atoms with E-state index in [-0.39, 0.29) is 29.4 Å². The summed E-state index contributed by atoms with van der Waals surface area (Å²) in [5, 5.41) is 0. The first-order valence-corrected chi connectivity index (χ1v) is 2.10. The Balaban J connectivity index is -0.0000000267. The largest absolute Gasteiger partial charge is 0.394 e. The van der Waals surface area contributed by atoms with E-state index in [1.54, 1.807) is 0 Å². The minimum absolute atomic E-state index is 0. The molecule has 0 rings (SSSR count). The molecule has 6 nitrogen and oxygen atoms in total. The van der Waals surface area contributed by atoms with Gasteiger partial charge < -0.3 is 12.3 Å². The summed E-state index contributed by atoms with van der Waals surface area (Å²) in [6.45, 7) is 0. The van der Waals surface area contributed by atoms with Crippen LogP contribution in [0.2, 0.25) is 0 Å². The van der Waals surface area contributed by atoms with Crippen LogP contribution in [0.3, 0.4) is 0 Å². The Kier molecular flexibility index (Phi) is 21.8. The van der Waals surface area contributed by atoms with Crippen molar-refractivity contribution in [2.75, 3.05) is 0 Å². The molecule has 0 atom stereocenters. The SMILES string of the molecule is N.N.O=S(=O)(O)O.[Cu]. The fourth-order valence-corrected chi connectivity index (χ4v) is 0. The molecule has 0 aromatic carbocycles. The van der Waals surface area contributed by atoms with Gasteiger partial charge in [0.05, 0.1) is 0 Å². The predicted octanol–water partition coefficient (Wildman–Crippen LogP) is -0.331. The van der Waals surface area contributed by atoms with Crippen LogP contribution in [0.5, 0.6) is 0 Å². The Morgan fingerprint density at radius 2 is 1.00 bits per heavy atom. The molecule has 8 heavy (non-hydrogen) atoms. The van der Waals surface area contributed by atoms with Crippen LogP contribution < -0.4 is 12.3 Å². The first-order chi connectivity index (χ1) is 2.00. The molecule has 0 amide bonds. The second kappa shape index (κ2) is 7.31. The van der Waals surface area contributed by atoms with Gasteiger partial charge in [-0.2, -0.15) is 8.42 Å². The van der Waals surface area contributed by atoms with Crippen LogP contribution in [0.4, 0.5) is 0 Å². The van der Waals surface area contributed by atoms with Crippen molar-refractivity contribution in [3.8, 4) is 0 Å². The van der Waals surface area contributed by atoms with E-state index in [2.05, 4.69) is 0 Å². The third-order valence-electron chi connectivity index (χ3n) is 0. The van der Waals surface area contributed by atoms with E-state index < -0.39 is 10.4 Å². The number of hydrogen-bond acceptors (Lipinski definition) is 4. The summed E-state index contributed by atoms with van der Waals surface area (Å²) < 4.78 is 31.6. The van der Waals surface area contributed by atoms with Crippen LogP contribution in [0, 0.1) is 0 Å². The van der Waals surface area contributed by atoms with E-state index in [1.165, 1.54) is 0 Å². The molecule has 0 aliphatic carbocycles. The molecular weight excluding hydrogens is 188 g/mol. The van der Waals surface area contributed by atoms with Crippen molar-refractivity contribution in [1.82, 2.24) is 12.3 Å². The van der Waals surface area contributed by atoms with Gasteiger partial charge in [-0.15, -0.1) is 0 Å². The van der Waals surface area contributed by atoms with E-state index in [0.29, 0.717) is 0 Å². The molecule has 0 fully saturated rings. The molecular formula is H8CuN2O4S. The van der Waals surface area contributed by atoms with Gasteiger partial charge >= 0.3 is 10.4 Å². The minimum atomic E-state index is -4.67. The average Bonchev–Trinajstić information content (AvgIpc) is 0.722. The Labute approximate surface area is 57.9 Å². The molecule has 0 heterocycles. The van der Waals surface area contributed by atoms with E-state index >= 15 is 0 Å². The fraction of sp³-hybridized carbons (Fsp3) is 0. The summed E-state index contributed by atoms with van der Waals surface area (Å²) in [6, 6.07) is 0. The van der Waals surface area contributed by atoms with Crippen LogP contribution in [0.1, 0.15) is 0 Å². The van der Waals surface area contributed by atoms with Gasteiger partial charge in [0.15, 0.2) is 0 Å². The molecule has 0 aliphatic rings. The summed E-state index contributed by atoms with van der Waals surface area (Å²) >= 11 is 0. The predicted molar refractivity (Wildman–Crippen MR) is 24.2 cm³/mol. The molecule has 0 saturated heterocycles. The Hall–Kier alpha value is 0.309. The van der Waals surface area contributed by atoms with Gasteiger partial charge in [0.25, 0.3) is 0 Å². The van der Waals surface area contributed by atoms with E-state index in [1.807, 2.05) is 0 Å². The zero-order valence-corrected chi connectivity index (χ0v) is 5.59. The third-order valence-corrected chi connectivity index (χ3v) is 0. The molecule has 0 bridgehead atoms.